The zero-order valence-electron chi connectivity index (χ0n) is 9.37. The average molecular weight is 200 g/mol. The van der Waals surface area contributed by atoms with Gasteiger partial charge in [-0.05, 0) is 38.0 Å². The normalized spacial score (nSPS) is 27.9. The molecule has 0 unspecified atom stereocenters. The first-order valence-corrected chi connectivity index (χ1v) is 6.09. The van der Waals surface area contributed by atoms with Crippen molar-refractivity contribution in [3.05, 3.63) is 0 Å². The van der Waals surface area contributed by atoms with Gasteiger partial charge in [0.2, 0.25) is 0 Å². The Morgan fingerprint density at radius 3 is 2.93 bits per heavy atom. The predicted molar refractivity (Wildman–Crippen MR) is 58.3 cm³/mol. The monoisotopic (exact) mass is 200 g/mol. The second-order valence-electron chi connectivity index (χ2n) is 4.39. The van der Waals surface area contributed by atoms with Crippen LogP contribution in [0.4, 0.5) is 0 Å². The van der Waals surface area contributed by atoms with Gasteiger partial charge in [-0.1, -0.05) is 19.8 Å². The van der Waals surface area contributed by atoms with Crippen molar-refractivity contribution in [2.24, 2.45) is 5.92 Å². The van der Waals surface area contributed by atoms with Crippen molar-refractivity contribution in [1.82, 2.24) is 0 Å². The van der Waals surface area contributed by atoms with E-state index in [1.807, 2.05) is 0 Å². The van der Waals surface area contributed by atoms with Crippen molar-refractivity contribution in [1.29, 1.82) is 0 Å². The molecule has 1 N–H and O–H groups in total. The molecule has 0 heterocycles. The number of ether oxygens (including phenoxy) is 1. The minimum atomic E-state index is 0.344. The van der Waals surface area contributed by atoms with E-state index in [2.05, 4.69) is 6.92 Å². The van der Waals surface area contributed by atoms with Crippen LogP contribution in [0.2, 0.25) is 0 Å². The molecule has 0 aromatic heterocycles. The zero-order valence-corrected chi connectivity index (χ0v) is 9.37. The fraction of sp³-hybridized carbons (Fsp3) is 1.00. The van der Waals surface area contributed by atoms with E-state index in [4.69, 9.17) is 9.84 Å². The lowest BCUT2D eigenvalue weighted by atomic mass is 9.84. The molecule has 0 radical (unpaired) electrons. The Morgan fingerprint density at radius 2 is 2.21 bits per heavy atom. The van der Waals surface area contributed by atoms with Gasteiger partial charge in [0, 0.05) is 13.2 Å². The molecule has 0 aromatic rings. The molecule has 2 nitrogen and oxygen atoms in total. The van der Waals surface area contributed by atoms with Crippen LogP contribution in [0.5, 0.6) is 0 Å². The van der Waals surface area contributed by atoms with E-state index in [1.54, 1.807) is 0 Å². The first-order chi connectivity index (χ1) is 6.86. The Hall–Kier alpha value is -0.0800. The minimum absolute atomic E-state index is 0.344. The molecular weight excluding hydrogens is 176 g/mol. The summed E-state index contributed by atoms with van der Waals surface area (Å²) in [7, 11) is 0. The van der Waals surface area contributed by atoms with Gasteiger partial charge in [0.25, 0.3) is 0 Å². The highest BCUT2D eigenvalue weighted by Crippen LogP contribution is 2.29. The standard InChI is InChI=1S/C12H24O2/c1-2-9-14-12-7-3-5-11(10-12)6-4-8-13/h11-13H,2-10H2,1H3/t11-,12-/m0/s1. The minimum Gasteiger partial charge on any atom is -0.396 e. The maximum absolute atomic E-state index is 8.77. The van der Waals surface area contributed by atoms with Gasteiger partial charge in [-0.2, -0.15) is 0 Å². The first kappa shape index (κ1) is 12.0. The van der Waals surface area contributed by atoms with Gasteiger partial charge in [-0.15, -0.1) is 0 Å². The van der Waals surface area contributed by atoms with Crippen molar-refractivity contribution >= 4 is 0 Å². The molecule has 1 saturated carbocycles. The van der Waals surface area contributed by atoms with E-state index < -0.39 is 0 Å². The quantitative estimate of drug-likeness (QED) is 0.714. The molecular formula is C12H24O2. The van der Waals surface area contributed by atoms with E-state index in [0.717, 1.165) is 25.4 Å². The smallest absolute Gasteiger partial charge is 0.0577 e. The summed E-state index contributed by atoms with van der Waals surface area (Å²) in [5, 5.41) is 8.77. The third-order valence-corrected chi connectivity index (χ3v) is 3.06. The Kier molecular flexibility index (Phi) is 6.20. The van der Waals surface area contributed by atoms with Gasteiger partial charge >= 0.3 is 0 Å². The highest BCUT2D eigenvalue weighted by molar-refractivity contribution is 4.73. The summed E-state index contributed by atoms with van der Waals surface area (Å²) in [6.45, 7) is 3.42. The highest BCUT2D eigenvalue weighted by atomic mass is 16.5. The predicted octanol–water partition coefficient (Wildman–Crippen LogP) is 2.74. The Balaban J connectivity index is 2.14. The molecule has 14 heavy (non-hydrogen) atoms. The van der Waals surface area contributed by atoms with Gasteiger partial charge in [-0.3, -0.25) is 0 Å². The van der Waals surface area contributed by atoms with E-state index in [0.29, 0.717) is 12.7 Å². The topological polar surface area (TPSA) is 29.5 Å². The molecule has 0 spiro atoms. The molecule has 2 heteroatoms. The van der Waals surface area contributed by atoms with Gasteiger partial charge in [0.15, 0.2) is 0 Å². The van der Waals surface area contributed by atoms with E-state index in [-0.39, 0.29) is 0 Å². The Bertz CT molecular complexity index is 122. The van der Waals surface area contributed by atoms with Crippen LogP contribution < -0.4 is 0 Å². The third kappa shape index (κ3) is 4.43. The third-order valence-electron chi connectivity index (χ3n) is 3.06. The summed E-state index contributed by atoms with van der Waals surface area (Å²) in [6, 6.07) is 0. The lowest BCUT2D eigenvalue weighted by molar-refractivity contribution is 0.0113. The molecule has 0 bridgehead atoms. The van der Waals surface area contributed by atoms with Gasteiger partial charge in [0.05, 0.1) is 6.10 Å². The number of aliphatic hydroxyl groups is 1. The molecule has 1 aliphatic carbocycles. The molecule has 2 atom stereocenters. The molecule has 0 saturated heterocycles. The van der Waals surface area contributed by atoms with Crippen molar-refractivity contribution in [2.45, 2.75) is 58.0 Å². The van der Waals surface area contributed by atoms with E-state index in [9.17, 15) is 0 Å². The SMILES string of the molecule is CCCO[C@H]1CCC[C@@H](CCCO)C1. The van der Waals surface area contributed by atoms with E-state index in [1.165, 1.54) is 32.1 Å². The summed E-state index contributed by atoms with van der Waals surface area (Å²) in [6.07, 6.45) is 8.89. The van der Waals surface area contributed by atoms with Crippen LogP contribution in [-0.2, 0) is 4.74 Å². The zero-order chi connectivity index (χ0) is 10.2. The van der Waals surface area contributed by atoms with Crippen molar-refractivity contribution in [3.63, 3.8) is 0 Å². The average Bonchev–Trinajstić information content (AvgIpc) is 2.24. The second kappa shape index (κ2) is 7.24. The number of hydrogen-bond acceptors (Lipinski definition) is 2. The Morgan fingerprint density at radius 1 is 1.36 bits per heavy atom. The highest BCUT2D eigenvalue weighted by Gasteiger charge is 2.21. The van der Waals surface area contributed by atoms with Crippen LogP contribution in [0.1, 0.15) is 51.9 Å². The van der Waals surface area contributed by atoms with Crippen LogP contribution in [0.15, 0.2) is 0 Å². The summed E-state index contributed by atoms with van der Waals surface area (Å²) in [4.78, 5) is 0. The van der Waals surface area contributed by atoms with Gasteiger partial charge in [0.1, 0.15) is 0 Å². The largest absolute Gasteiger partial charge is 0.396 e. The van der Waals surface area contributed by atoms with Crippen LogP contribution in [0, 0.1) is 5.92 Å². The number of aliphatic hydroxyl groups excluding tert-OH is 1. The number of rotatable bonds is 6. The Labute approximate surface area is 87.7 Å². The molecule has 0 aromatic carbocycles. The molecule has 0 amide bonds. The summed E-state index contributed by atoms with van der Waals surface area (Å²) in [5.74, 6) is 0.803. The summed E-state index contributed by atoms with van der Waals surface area (Å²) >= 11 is 0. The van der Waals surface area contributed by atoms with Crippen LogP contribution in [-0.4, -0.2) is 24.4 Å². The molecule has 1 rings (SSSR count). The van der Waals surface area contributed by atoms with Gasteiger partial charge in [-0.25, -0.2) is 0 Å². The van der Waals surface area contributed by atoms with E-state index >= 15 is 0 Å². The van der Waals surface area contributed by atoms with Crippen LogP contribution in [0.3, 0.4) is 0 Å². The lowest BCUT2D eigenvalue weighted by Gasteiger charge is -2.29. The second-order valence-corrected chi connectivity index (χ2v) is 4.39. The van der Waals surface area contributed by atoms with Gasteiger partial charge < -0.3 is 9.84 Å². The summed E-state index contributed by atoms with van der Waals surface area (Å²) in [5.41, 5.74) is 0. The molecule has 1 fully saturated rings. The fourth-order valence-electron chi connectivity index (χ4n) is 2.32. The summed E-state index contributed by atoms with van der Waals surface area (Å²) < 4.78 is 5.78. The van der Waals surface area contributed by atoms with Crippen molar-refractivity contribution in [3.8, 4) is 0 Å². The van der Waals surface area contributed by atoms with Crippen LogP contribution >= 0.6 is 0 Å². The van der Waals surface area contributed by atoms with Crippen molar-refractivity contribution < 1.29 is 9.84 Å². The van der Waals surface area contributed by atoms with Crippen molar-refractivity contribution in [2.75, 3.05) is 13.2 Å². The lowest BCUT2D eigenvalue weighted by Crippen LogP contribution is -2.23. The number of hydrogen-bond donors (Lipinski definition) is 1. The maximum Gasteiger partial charge on any atom is 0.0577 e. The fourth-order valence-corrected chi connectivity index (χ4v) is 2.32. The van der Waals surface area contributed by atoms with Crippen LogP contribution in [0.25, 0.3) is 0 Å². The maximum atomic E-state index is 8.77. The molecule has 0 aliphatic heterocycles. The molecule has 84 valence electrons. The first-order valence-electron chi connectivity index (χ1n) is 6.09. The molecule has 1 aliphatic rings.